The molecule has 218 valence electrons. The van der Waals surface area contributed by atoms with Crippen LogP contribution in [0.15, 0.2) is 36.5 Å². The average molecular weight is 571 g/mol. The summed E-state index contributed by atoms with van der Waals surface area (Å²) in [6, 6.07) is 10.4. The van der Waals surface area contributed by atoms with Crippen molar-refractivity contribution in [2.24, 2.45) is 11.8 Å². The molecule has 2 fully saturated rings. The number of ether oxygens (including phenoxy) is 1. The van der Waals surface area contributed by atoms with Crippen molar-refractivity contribution in [2.45, 2.75) is 69.9 Å². The first-order valence-corrected chi connectivity index (χ1v) is 14.9. The van der Waals surface area contributed by atoms with Gasteiger partial charge in [0.15, 0.2) is 0 Å². The van der Waals surface area contributed by atoms with E-state index in [1.165, 1.54) is 12.7 Å². The molecule has 0 spiro atoms. The van der Waals surface area contributed by atoms with Crippen molar-refractivity contribution in [1.82, 2.24) is 20.5 Å². The van der Waals surface area contributed by atoms with Crippen LogP contribution in [-0.4, -0.2) is 66.8 Å². The number of aryl methyl sites for hydroxylation is 1. The number of methoxy groups -OCH3 is 1. The molecule has 1 aromatic heterocycles. The Hall–Kier alpha value is -2.68. The maximum absolute atomic E-state index is 13.6. The lowest BCUT2D eigenvalue weighted by molar-refractivity contribution is -0.140. The second-order valence-electron chi connectivity index (χ2n) is 11.1. The van der Waals surface area contributed by atoms with E-state index in [-0.39, 0.29) is 17.7 Å². The maximum Gasteiger partial charge on any atom is 0.406 e. The Balaban J connectivity index is 1.67. The van der Waals surface area contributed by atoms with Crippen molar-refractivity contribution in [2.75, 3.05) is 33.8 Å². The fourth-order valence-corrected chi connectivity index (χ4v) is 6.76. The number of amides is 2. The van der Waals surface area contributed by atoms with Crippen LogP contribution in [-0.2, 0) is 21.6 Å². The van der Waals surface area contributed by atoms with Crippen LogP contribution < -0.4 is 10.6 Å². The highest BCUT2D eigenvalue weighted by Crippen LogP contribution is 2.45. The summed E-state index contributed by atoms with van der Waals surface area (Å²) in [6.45, 7) is 3.65. The lowest BCUT2D eigenvalue weighted by atomic mass is 9.72. The van der Waals surface area contributed by atoms with E-state index in [0.29, 0.717) is 49.2 Å². The molecule has 40 heavy (non-hydrogen) atoms. The number of nitrogens with zero attached hydrogens (tertiary/aromatic N) is 2. The Morgan fingerprint density at radius 3 is 2.80 bits per heavy atom. The van der Waals surface area contributed by atoms with Crippen LogP contribution in [0.5, 0.6) is 0 Å². The lowest BCUT2D eigenvalue weighted by Crippen LogP contribution is -2.49. The summed E-state index contributed by atoms with van der Waals surface area (Å²) in [5.74, 6) is 0.0217. The maximum atomic E-state index is 13.6. The van der Waals surface area contributed by atoms with Gasteiger partial charge in [0, 0.05) is 49.3 Å². The van der Waals surface area contributed by atoms with Crippen molar-refractivity contribution in [1.29, 1.82) is 0 Å². The van der Waals surface area contributed by atoms with Crippen molar-refractivity contribution in [3.63, 3.8) is 0 Å². The minimum atomic E-state index is -1.29. The van der Waals surface area contributed by atoms with Gasteiger partial charge in [-0.2, -0.15) is 0 Å². The van der Waals surface area contributed by atoms with Crippen LogP contribution in [0.4, 0.5) is 4.79 Å². The number of pyridine rings is 1. The second-order valence-corrected chi connectivity index (χ2v) is 11.5. The average Bonchev–Trinajstić information content (AvgIpc) is 3.48. The SMILES string of the molecule is CCc1cccc(-c2c([C@](O)(CCCNC(=O)OC)[C@@H]3CCCN(C(=O)[C@@H]4CC[C@H](NC)C4)C3)ccnc2Cl)c1. The molecule has 4 rings (SSSR count). The number of carbonyl (C=O) groups excluding carboxylic acids is 2. The van der Waals surface area contributed by atoms with E-state index in [0.717, 1.165) is 49.7 Å². The first-order chi connectivity index (χ1) is 19.3. The smallest absolute Gasteiger partial charge is 0.406 e. The van der Waals surface area contributed by atoms with Crippen LogP contribution in [0.2, 0.25) is 5.15 Å². The summed E-state index contributed by atoms with van der Waals surface area (Å²) in [5.41, 5.74) is 2.23. The molecule has 0 bridgehead atoms. The molecule has 1 aliphatic heterocycles. The number of aliphatic hydroxyl groups is 1. The number of rotatable bonds is 10. The van der Waals surface area contributed by atoms with E-state index in [1.54, 1.807) is 6.20 Å². The van der Waals surface area contributed by atoms with Crippen LogP contribution in [0.1, 0.15) is 63.0 Å². The van der Waals surface area contributed by atoms with Gasteiger partial charge in [-0.25, -0.2) is 9.78 Å². The molecule has 3 N–H and O–H groups in total. The monoisotopic (exact) mass is 570 g/mol. The van der Waals surface area contributed by atoms with E-state index in [4.69, 9.17) is 16.3 Å². The molecule has 1 aromatic carbocycles. The molecule has 1 aliphatic carbocycles. The summed E-state index contributed by atoms with van der Waals surface area (Å²) in [7, 11) is 3.29. The predicted molar refractivity (Wildman–Crippen MR) is 157 cm³/mol. The van der Waals surface area contributed by atoms with Gasteiger partial charge in [0.25, 0.3) is 0 Å². The fourth-order valence-electron chi connectivity index (χ4n) is 6.49. The van der Waals surface area contributed by atoms with E-state index >= 15 is 0 Å². The minimum absolute atomic E-state index is 0.0243. The quantitative estimate of drug-likeness (QED) is 0.277. The Morgan fingerprint density at radius 1 is 1.25 bits per heavy atom. The van der Waals surface area contributed by atoms with Gasteiger partial charge in [-0.1, -0.05) is 42.8 Å². The number of alkyl carbamates (subject to hydrolysis) is 1. The Bertz CT molecular complexity index is 1180. The number of hydrogen-bond acceptors (Lipinski definition) is 6. The molecule has 0 radical (unpaired) electrons. The summed E-state index contributed by atoms with van der Waals surface area (Å²) < 4.78 is 4.72. The molecule has 0 unspecified atom stereocenters. The Morgan fingerprint density at radius 2 is 2.08 bits per heavy atom. The zero-order chi connectivity index (χ0) is 28.7. The van der Waals surface area contributed by atoms with Gasteiger partial charge in [-0.05, 0) is 81.2 Å². The first kappa shape index (κ1) is 30.3. The Labute approximate surface area is 242 Å². The largest absolute Gasteiger partial charge is 0.453 e. The summed E-state index contributed by atoms with van der Waals surface area (Å²) in [4.78, 5) is 31.6. The number of benzene rings is 1. The van der Waals surface area contributed by atoms with Crippen LogP contribution >= 0.6 is 11.6 Å². The van der Waals surface area contributed by atoms with E-state index in [1.807, 2.05) is 30.1 Å². The third kappa shape index (κ3) is 6.78. The van der Waals surface area contributed by atoms with Gasteiger partial charge in [-0.3, -0.25) is 4.79 Å². The van der Waals surface area contributed by atoms with Crippen molar-refractivity contribution in [3.8, 4) is 11.1 Å². The van der Waals surface area contributed by atoms with Gasteiger partial charge in [0.1, 0.15) is 5.15 Å². The molecule has 2 amide bonds. The minimum Gasteiger partial charge on any atom is -0.453 e. The number of nitrogens with one attached hydrogen (secondary N) is 2. The fraction of sp³-hybridized carbons (Fsp3) is 0.581. The molecule has 2 heterocycles. The summed E-state index contributed by atoms with van der Waals surface area (Å²) >= 11 is 6.75. The predicted octanol–water partition coefficient (Wildman–Crippen LogP) is 4.91. The highest BCUT2D eigenvalue weighted by atomic mass is 35.5. The standard InChI is InChI=1S/C31H43ClN4O4/c1-4-21-8-5-9-22(18-21)27-26(13-16-34-28(27)32)31(39,14-7-15-35-30(38)40-3)24-10-6-17-36(20-24)29(37)23-11-12-25(19-23)33-2/h5,8-9,13,16,18,23-25,33,39H,4,6-7,10-12,14-15,17,19-20H2,1-3H3,(H,35,38)/t23-,24-,25+,31+/m1/s1. The summed E-state index contributed by atoms with van der Waals surface area (Å²) in [6.07, 6.45) is 7.29. The Kier molecular flexibility index (Phi) is 10.4. The highest BCUT2D eigenvalue weighted by Gasteiger charge is 2.44. The topological polar surface area (TPSA) is 104 Å². The van der Waals surface area contributed by atoms with Crippen molar-refractivity contribution < 1.29 is 19.4 Å². The second kappa shape index (κ2) is 13.8. The van der Waals surface area contributed by atoms with Gasteiger partial charge >= 0.3 is 6.09 Å². The number of halogens is 1. The molecule has 1 saturated heterocycles. The number of aromatic nitrogens is 1. The number of piperidine rings is 1. The zero-order valence-electron chi connectivity index (χ0n) is 23.9. The number of carbonyl (C=O) groups is 2. The molecule has 9 heteroatoms. The van der Waals surface area contributed by atoms with Crippen molar-refractivity contribution >= 4 is 23.6 Å². The van der Waals surface area contributed by atoms with Gasteiger partial charge < -0.3 is 25.4 Å². The van der Waals surface area contributed by atoms with E-state index in [2.05, 4.69) is 34.7 Å². The third-order valence-corrected chi connectivity index (χ3v) is 9.07. The molecule has 4 atom stereocenters. The van der Waals surface area contributed by atoms with Crippen LogP contribution in [0, 0.1) is 11.8 Å². The molecular weight excluding hydrogens is 528 g/mol. The van der Waals surface area contributed by atoms with Gasteiger partial charge in [0.2, 0.25) is 5.91 Å². The van der Waals surface area contributed by atoms with E-state index < -0.39 is 11.7 Å². The lowest BCUT2D eigenvalue weighted by Gasteiger charge is -2.44. The summed E-state index contributed by atoms with van der Waals surface area (Å²) in [5, 5.41) is 19.1. The highest BCUT2D eigenvalue weighted by molar-refractivity contribution is 6.32. The number of likely N-dealkylation sites (tertiary alicyclic amines) is 1. The van der Waals surface area contributed by atoms with Gasteiger partial charge in [0.05, 0.1) is 12.7 Å². The molecule has 2 aromatic rings. The van der Waals surface area contributed by atoms with E-state index in [9.17, 15) is 14.7 Å². The molecule has 2 aliphatic rings. The van der Waals surface area contributed by atoms with Crippen LogP contribution in [0.3, 0.4) is 0 Å². The normalized spacial score (nSPS) is 22.5. The molecule has 1 saturated carbocycles. The zero-order valence-corrected chi connectivity index (χ0v) is 24.7. The van der Waals surface area contributed by atoms with Crippen molar-refractivity contribution in [3.05, 3.63) is 52.8 Å². The third-order valence-electron chi connectivity index (χ3n) is 8.78. The number of hydrogen-bond donors (Lipinski definition) is 3. The first-order valence-electron chi connectivity index (χ1n) is 14.5. The molecular formula is C31H43ClN4O4. The van der Waals surface area contributed by atoms with Crippen LogP contribution in [0.25, 0.3) is 11.1 Å². The van der Waals surface area contributed by atoms with Gasteiger partial charge in [-0.15, -0.1) is 0 Å². The molecule has 8 nitrogen and oxygen atoms in total.